The van der Waals surface area contributed by atoms with E-state index in [1.165, 1.54) is 11.3 Å². The Morgan fingerprint density at radius 1 is 1.35 bits per heavy atom. The molecule has 0 bridgehead atoms. The molecule has 2 rings (SSSR count). The maximum atomic E-state index is 10.4. The van der Waals surface area contributed by atoms with Crippen molar-refractivity contribution in [2.75, 3.05) is 0 Å². The molecule has 2 aromatic rings. The molecule has 1 N–H and O–H groups in total. The van der Waals surface area contributed by atoms with Gasteiger partial charge in [-0.1, -0.05) is 23.7 Å². The summed E-state index contributed by atoms with van der Waals surface area (Å²) < 4.78 is 0. The van der Waals surface area contributed by atoms with Gasteiger partial charge in [0, 0.05) is 22.4 Å². The second-order valence-electron chi connectivity index (χ2n) is 3.54. The monoisotopic (exact) mass is 267 g/mol. The third-order valence-corrected chi connectivity index (χ3v) is 3.43. The number of aryl methyl sites for hydroxylation is 1. The Morgan fingerprint density at radius 3 is 2.71 bits per heavy atom. The van der Waals surface area contributed by atoms with Gasteiger partial charge in [-0.05, 0) is 12.1 Å². The summed E-state index contributed by atoms with van der Waals surface area (Å²) in [6.07, 6.45) is 0.587. The summed E-state index contributed by atoms with van der Waals surface area (Å²) in [6.45, 7) is 0. The van der Waals surface area contributed by atoms with E-state index < -0.39 is 5.97 Å². The molecule has 0 atom stereocenters. The zero-order valence-electron chi connectivity index (χ0n) is 8.89. The van der Waals surface area contributed by atoms with Crippen molar-refractivity contribution in [2.24, 2.45) is 0 Å². The summed E-state index contributed by atoms with van der Waals surface area (Å²) in [5.41, 5.74) is 1.82. The zero-order chi connectivity index (χ0) is 12.3. The summed E-state index contributed by atoms with van der Waals surface area (Å²) in [6, 6.07) is 7.44. The van der Waals surface area contributed by atoms with Gasteiger partial charge < -0.3 is 5.11 Å². The Hall–Kier alpha value is -1.39. The average Bonchev–Trinajstić information content (AvgIpc) is 2.76. The van der Waals surface area contributed by atoms with Gasteiger partial charge >= 0.3 is 5.97 Å². The molecule has 1 aromatic heterocycles. The van der Waals surface area contributed by atoms with Crippen LogP contribution in [-0.4, -0.2) is 16.1 Å². The minimum absolute atomic E-state index is 0.115. The summed E-state index contributed by atoms with van der Waals surface area (Å²) >= 11 is 7.32. The highest BCUT2D eigenvalue weighted by Crippen LogP contribution is 2.25. The van der Waals surface area contributed by atoms with Gasteiger partial charge in [-0.15, -0.1) is 11.3 Å². The molecule has 3 nitrogen and oxygen atoms in total. The van der Waals surface area contributed by atoms with Crippen LogP contribution < -0.4 is 0 Å². The Balaban J connectivity index is 2.12. The quantitative estimate of drug-likeness (QED) is 0.923. The molecular weight excluding hydrogens is 258 g/mol. The van der Waals surface area contributed by atoms with Crippen LogP contribution in [0.4, 0.5) is 0 Å². The number of benzene rings is 1. The molecule has 5 heteroatoms. The number of hydrogen-bond acceptors (Lipinski definition) is 3. The van der Waals surface area contributed by atoms with Crippen LogP contribution in [0.1, 0.15) is 12.1 Å². The summed E-state index contributed by atoms with van der Waals surface area (Å²) in [7, 11) is 0. The first-order chi connectivity index (χ1) is 8.15. The van der Waals surface area contributed by atoms with Gasteiger partial charge in [-0.25, -0.2) is 4.98 Å². The van der Waals surface area contributed by atoms with Crippen LogP contribution >= 0.6 is 22.9 Å². The van der Waals surface area contributed by atoms with Crippen LogP contribution in [0.2, 0.25) is 5.02 Å². The molecule has 0 fully saturated rings. The molecule has 0 unspecified atom stereocenters. The van der Waals surface area contributed by atoms with E-state index in [0.717, 1.165) is 16.3 Å². The van der Waals surface area contributed by atoms with Gasteiger partial charge in [-0.3, -0.25) is 4.79 Å². The lowest BCUT2D eigenvalue weighted by Gasteiger charge is -1.96. The van der Waals surface area contributed by atoms with Crippen molar-refractivity contribution in [1.29, 1.82) is 0 Å². The van der Waals surface area contributed by atoms with Crippen LogP contribution in [0.15, 0.2) is 29.6 Å². The summed E-state index contributed by atoms with van der Waals surface area (Å²) in [5.74, 6) is -0.800. The van der Waals surface area contributed by atoms with Crippen molar-refractivity contribution >= 4 is 28.9 Å². The molecular formula is C12H10ClNO2S. The highest BCUT2D eigenvalue weighted by molar-refractivity contribution is 7.13. The molecule has 1 heterocycles. The molecule has 0 aliphatic heterocycles. The number of thiazole rings is 1. The van der Waals surface area contributed by atoms with Crippen LogP contribution in [-0.2, 0) is 11.2 Å². The number of rotatable bonds is 4. The highest BCUT2D eigenvalue weighted by Gasteiger charge is 2.06. The fourth-order valence-corrected chi connectivity index (χ4v) is 2.37. The maximum Gasteiger partial charge on any atom is 0.303 e. The van der Waals surface area contributed by atoms with E-state index in [0.29, 0.717) is 11.4 Å². The van der Waals surface area contributed by atoms with Crippen molar-refractivity contribution in [3.63, 3.8) is 0 Å². The number of aromatic nitrogens is 1. The Labute approximate surface area is 108 Å². The standard InChI is InChI=1S/C12H10ClNO2S/c13-9-3-1-8(2-4-9)12-14-10(7-17-12)5-6-11(15)16/h1-4,7H,5-6H2,(H,15,16). The van der Waals surface area contributed by atoms with Crippen molar-refractivity contribution in [3.05, 3.63) is 40.4 Å². The third kappa shape index (κ3) is 3.28. The van der Waals surface area contributed by atoms with E-state index in [1.54, 1.807) is 0 Å². The number of halogens is 1. The first-order valence-corrected chi connectivity index (χ1v) is 6.33. The number of hydrogen-bond donors (Lipinski definition) is 1. The van der Waals surface area contributed by atoms with E-state index in [4.69, 9.17) is 16.7 Å². The van der Waals surface area contributed by atoms with Gasteiger partial charge in [0.25, 0.3) is 0 Å². The molecule has 0 aliphatic carbocycles. The average molecular weight is 268 g/mol. The number of aliphatic carboxylic acids is 1. The smallest absolute Gasteiger partial charge is 0.303 e. The van der Waals surface area contributed by atoms with Crippen LogP contribution in [0.25, 0.3) is 10.6 Å². The molecule has 1 aromatic carbocycles. The Morgan fingerprint density at radius 2 is 2.06 bits per heavy atom. The largest absolute Gasteiger partial charge is 0.481 e. The molecule has 0 saturated carbocycles. The predicted molar refractivity (Wildman–Crippen MR) is 68.5 cm³/mol. The maximum absolute atomic E-state index is 10.4. The lowest BCUT2D eigenvalue weighted by atomic mass is 10.2. The van der Waals surface area contributed by atoms with E-state index in [9.17, 15) is 4.79 Å². The van der Waals surface area contributed by atoms with Crippen molar-refractivity contribution in [2.45, 2.75) is 12.8 Å². The van der Waals surface area contributed by atoms with Gasteiger partial charge in [0.1, 0.15) is 5.01 Å². The third-order valence-electron chi connectivity index (χ3n) is 2.24. The first kappa shape index (κ1) is 12.1. The molecule has 0 saturated heterocycles. The van der Waals surface area contributed by atoms with Gasteiger partial charge in [0.15, 0.2) is 0 Å². The number of carbonyl (C=O) groups is 1. The first-order valence-electron chi connectivity index (χ1n) is 5.07. The Kier molecular flexibility index (Phi) is 3.76. The van der Waals surface area contributed by atoms with Crippen LogP contribution in [0.5, 0.6) is 0 Å². The topological polar surface area (TPSA) is 50.2 Å². The van der Waals surface area contributed by atoms with Crippen molar-refractivity contribution < 1.29 is 9.90 Å². The van der Waals surface area contributed by atoms with Gasteiger partial charge in [-0.2, -0.15) is 0 Å². The number of nitrogens with zero attached hydrogens (tertiary/aromatic N) is 1. The van der Waals surface area contributed by atoms with Crippen molar-refractivity contribution in [3.8, 4) is 10.6 Å². The molecule has 17 heavy (non-hydrogen) atoms. The number of carboxylic acids is 1. The molecule has 88 valence electrons. The normalized spacial score (nSPS) is 10.4. The minimum Gasteiger partial charge on any atom is -0.481 e. The summed E-state index contributed by atoms with van der Waals surface area (Å²) in [5, 5.41) is 12.1. The van der Waals surface area contributed by atoms with Gasteiger partial charge in [0.05, 0.1) is 12.1 Å². The lowest BCUT2D eigenvalue weighted by Crippen LogP contribution is -1.97. The fraction of sp³-hybridized carbons (Fsp3) is 0.167. The van der Waals surface area contributed by atoms with E-state index in [2.05, 4.69) is 4.98 Å². The zero-order valence-corrected chi connectivity index (χ0v) is 10.5. The summed E-state index contributed by atoms with van der Waals surface area (Å²) in [4.78, 5) is 14.8. The van der Waals surface area contributed by atoms with E-state index >= 15 is 0 Å². The molecule has 0 aliphatic rings. The second-order valence-corrected chi connectivity index (χ2v) is 4.84. The minimum atomic E-state index is -0.800. The fourth-order valence-electron chi connectivity index (χ4n) is 1.38. The Bertz CT molecular complexity index is 522. The van der Waals surface area contributed by atoms with Crippen molar-refractivity contribution in [1.82, 2.24) is 4.98 Å². The molecule has 0 amide bonds. The van der Waals surface area contributed by atoms with Gasteiger partial charge in [0.2, 0.25) is 0 Å². The predicted octanol–water partition coefficient (Wildman–Crippen LogP) is 3.48. The van der Waals surface area contributed by atoms with Crippen LogP contribution in [0, 0.1) is 0 Å². The molecule has 0 spiro atoms. The number of carboxylic acid groups (broad SMARTS) is 1. The van der Waals surface area contributed by atoms with Crippen LogP contribution in [0.3, 0.4) is 0 Å². The SMILES string of the molecule is O=C(O)CCc1csc(-c2ccc(Cl)cc2)n1. The highest BCUT2D eigenvalue weighted by atomic mass is 35.5. The second kappa shape index (κ2) is 5.29. The van der Waals surface area contributed by atoms with E-state index in [-0.39, 0.29) is 6.42 Å². The molecule has 0 radical (unpaired) electrons. The van der Waals surface area contributed by atoms with E-state index in [1.807, 2.05) is 29.6 Å². The lowest BCUT2D eigenvalue weighted by molar-refractivity contribution is -0.136.